The zero-order valence-electron chi connectivity index (χ0n) is 15.8. The van der Waals surface area contributed by atoms with Crippen LogP contribution in [0.5, 0.6) is 5.75 Å². The molecule has 4 nitrogen and oxygen atoms in total. The summed E-state index contributed by atoms with van der Waals surface area (Å²) in [6.45, 7) is 3.78. The molecule has 1 N–H and O–H groups in total. The number of aryl methyl sites for hydroxylation is 2. The molecule has 0 fully saturated rings. The summed E-state index contributed by atoms with van der Waals surface area (Å²) in [5.74, 6) is 0.302. The maximum Gasteiger partial charge on any atom is 0.252 e. The number of methoxy groups -OCH3 is 1. The average Bonchev–Trinajstić information content (AvgIpc) is 2.65. The number of carbonyl (C=O) groups excluding carboxylic acids is 1. The molecule has 27 heavy (non-hydrogen) atoms. The molecule has 0 bridgehead atoms. The lowest BCUT2D eigenvalue weighted by Gasteiger charge is -2.15. The molecule has 0 aliphatic carbocycles. The van der Waals surface area contributed by atoms with E-state index in [0.29, 0.717) is 22.2 Å². The van der Waals surface area contributed by atoms with Crippen molar-refractivity contribution in [3.8, 4) is 5.75 Å². The molecule has 0 aliphatic heterocycles. The van der Waals surface area contributed by atoms with Crippen LogP contribution in [0.25, 0.3) is 10.9 Å². The largest absolute Gasteiger partial charge is 0.497 e. The van der Waals surface area contributed by atoms with E-state index in [1.54, 1.807) is 26.2 Å². The van der Waals surface area contributed by atoms with Gasteiger partial charge in [-0.05, 0) is 62.6 Å². The van der Waals surface area contributed by atoms with E-state index in [-0.39, 0.29) is 17.8 Å². The lowest BCUT2D eigenvalue weighted by Crippen LogP contribution is -2.33. The molecule has 140 valence electrons. The highest BCUT2D eigenvalue weighted by atomic mass is 19.1. The van der Waals surface area contributed by atoms with Gasteiger partial charge in [0, 0.05) is 23.2 Å². The summed E-state index contributed by atoms with van der Waals surface area (Å²) in [5.41, 5.74) is 2.89. The monoisotopic (exact) mass is 366 g/mol. The van der Waals surface area contributed by atoms with Crippen LogP contribution in [-0.4, -0.2) is 24.0 Å². The van der Waals surface area contributed by atoms with Crippen LogP contribution in [0.3, 0.4) is 0 Å². The fraction of sp³-hybridized carbons (Fsp3) is 0.273. The predicted molar refractivity (Wildman–Crippen MR) is 105 cm³/mol. The number of amides is 1. The van der Waals surface area contributed by atoms with E-state index in [9.17, 15) is 9.18 Å². The topological polar surface area (TPSA) is 51.2 Å². The lowest BCUT2D eigenvalue weighted by atomic mass is 10.0. The minimum absolute atomic E-state index is 0.00331. The highest BCUT2D eigenvalue weighted by molar-refractivity contribution is 6.06. The van der Waals surface area contributed by atoms with Crippen molar-refractivity contribution in [3.63, 3.8) is 0 Å². The van der Waals surface area contributed by atoms with Gasteiger partial charge in [0.25, 0.3) is 5.91 Å². The Kier molecular flexibility index (Phi) is 5.69. The van der Waals surface area contributed by atoms with Gasteiger partial charge in [0.2, 0.25) is 0 Å². The number of hydrogen-bond acceptors (Lipinski definition) is 3. The van der Waals surface area contributed by atoms with Crippen molar-refractivity contribution in [2.75, 3.05) is 7.11 Å². The summed E-state index contributed by atoms with van der Waals surface area (Å²) in [4.78, 5) is 17.1. The first-order chi connectivity index (χ1) is 13.0. The molecule has 3 rings (SSSR count). The van der Waals surface area contributed by atoms with Gasteiger partial charge in [-0.3, -0.25) is 9.78 Å². The Hall–Kier alpha value is -2.95. The molecule has 1 unspecified atom stereocenters. The second-order valence-corrected chi connectivity index (χ2v) is 6.73. The van der Waals surface area contributed by atoms with Gasteiger partial charge in [0.15, 0.2) is 0 Å². The van der Waals surface area contributed by atoms with E-state index in [0.717, 1.165) is 18.6 Å². The highest BCUT2D eigenvalue weighted by Crippen LogP contribution is 2.20. The van der Waals surface area contributed by atoms with Gasteiger partial charge in [-0.15, -0.1) is 0 Å². The maximum atomic E-state index is 13.5. The number of ether oxygens (including phenoxy) is 1. The summed E-state index contributed by atoms with van der Waals surface area (Å²) in [6, 6.07) is 14.0. The van der Waals surface area contributed by atoms with E-state index in [4.69, 9.17) is 4.74 Å². The Labute approximate surface area is 158 Å². The number of rotatable bonds is 6. The summed E-state index contributed by atoms with van der Waals surface area (Å²) in [5, 5.41) is 3.69. The fourth-order valence-corrected chi connectivity index (χ4v) is 3.07. The molecule has 0 saturated heterocycles. The number of halogens is 1. The number of carbonyl (C=O) groups is 1. The van der Waals surface area contributed by atoms with Gasteiger partial charge < -0.3 is 10.1 Å². The average molecular weight is 366 g/mol. The highest BCUT2D eigenvalue weighted by Gasteiger charge is 2.15. The smallest absolute Gasteiger partial charge is 0.252 e. The maximum absolute atomic E-state index is 13.5. The van der Waals surface area contributed by atoms with E-state index in [1.165, 1.54) is 17.7 Å². The lowest BCUT2D eigenvalue weighted by molar-refractivity contribution is 0.0940. The number of hydrogen-bond donors (Lipinski definition) is 1. The number of nitrogens with zero attached hydrogens (tertiary/aromatic N) is 1. The SMILES string of the molecule is COc1ccc(CCC(C)NC(=O)c2cc(C)nc3cc(F)ccc23)cc1. The molecular weight excluding hydrogens is 343 g/mol. The first kappa shape index (κ1) is 18.8. The van der Waals surface area contributed by atoms with Gasteiger partial charge in [0.05, 0.1) is 18.2 Å². The molecular formula is C22H23FN2O2. The minimum Gasteiger partial charge on any atom is -0.497 e. The van der Waals surface area contributed by atoms with Crippen LogP contribution in [0.2, 0.25) is 0 Å². The van der Waals surface area contributed by atoms with Gasteiger partial charge >= 0.3 is 0 Å². The second kappa shape index (κ2) is 8.16. The van der Waals surface area contributed by atoms with Crippen LogP contribution in [-0.2, 0) is 6.42 Å². The third kappa shape index (κ3) is 4.61. The van der Waals surface area contributed by atoms with Crippen LogP contribution >= 0.6 is 0 Å². The molecule has 0 saturated carbocycles. The molecule has 2 aromatic carbocycles. The summed E-state index contributed by atoms with van der Waals surface area (Å²) in [6.07, 6.45) is 1.67. The third-order valence-electron chi connectivity index (χ3n) is 4.55. The Morgan fingerprint density at radius 3 is 2.63 bits per heavy atom. The zero-order chi connectivity index (χ0) is 19.4. The normalized spacial score (nSPS) is 12.0. The molecule has 1 aromatic heterocycles. The van der Waals surface area contributed by atoms with Crippen molar-refractivity contribution < 1.29 is 13.9 Å². The molecule has 5 heteroatoms. The van der Waals surface area contributed by atoms with E-state index in [1.807, 2.05) is 31.2 Å². The summed E-state index contributed by atoms with van der Waals surface area (Å²) in [7, 11) is 1.64. The van der Waals surface area contributed by atoms with Gasteiger partial charge in [-0.25, -0.2) is 4.39 Å². The molecule has 0 radical (unpaired) electrons. The molecule has 0 aliphatic rings. The Bertz CT molecular complexity index is 949. The van der Waals surface area contributed by atoms with Gasteiger partial charge in [0.1, 0.15) is 11.6 Å². The van der Waals surface area contributed by atoms with E-state index < -0.39 is 0 Å². The predicted octanol–water partition coefficient (Wildman–Crippen LogP) is 4.44. The number of nitrogens with one attached hydrogen (secondary N) is 1. The van der Waals surface area contributed by atoms with Gasteiger partial charge in [-0.2, -0.15) is 0 Å². The van der Waals surface area contributed by atoms with E-state index in [2.05, 4.69) is 10.3 Å². The number of fused-ring (bicyclic) bond motifs is 1. The molecule has 1 amide bonds. The van der Waals surface area contributed by atoms with Crippen LogP contribution in [0, 0.1) is 12.7 Å². The Balaban J connectivity index is 1.68. The quantitative estimate of drug-likeness (QED) is 0.702. The number of pyridine rings is 1. The number of aromatic nitrogens is 1. The van der Waals surface area contributed by atoms with Crippen LogP contribution < -0.4 is 10.1 Å². The number of benzene rings is 2. The van der Waals surface area contributed by atoms with Crippen molar-refractivity contribution in [1.82, 2.24) is 10.3 Å². The third-order valence-corrected chi connectivity index (χ3v) is 4.55. The van der Waals surface area contributed by atoms with Crippen LogP contribution in [0.15, 0.2) is 48.5 Å². The molecule has 0 spiro atoms. The second-order valence-electron chi connectivity index (χ2n) is 6.73. The van der Waals surface area contributed by atoms with Crippen molar-refractivity contribution in [2.24, 2.45) is 0 Å². The van der Waals surface area contributed by atoms with Crippen molar-refractivity contribution in [3.05, 3.63) is 71.2 Å². The van der Waals surface area contributed by atoms with Crippen molar-refractivity contribution in [2.45, 2.75) is 32.7 Å². The first-order valence-electron chi connectivity index (χ1n) is 8.97. The Morgan fingerprint density at radius 2 is 1.93 bits per heavy atom. The van der Waals surface area contributed by atoms with Crippen LogP contribution in [0.1, 0.15) is 35.0 Å². The fourth-order valence-electron chi connectivity index (χ4n) is 3.07. The Morgan fingerprint density at radius 1 is 1.19 bits per heavy atom. The summed E-state index contributed by atoms with van der Waals surface area (Å²) >= 11 is 0. The van der Waals surface area contributed by atoms with E-state index >= 15 is 0 Å². The van der Waals surface area contributed by atoms with Crippen molar-refractivity contribution in [1.29, 1.82) is 0 Å². The van der Waals surface area contributed by atoms with Crippen LogP contribution in [0.4, 0.5) is 4.39 Å². The standard InChI is InChI=1S/C22H23FN2O2/c1-14(4-5-16-6-9-18(27-3)10-7-16)25-22(26)20-12-15(2)24-21-13-17(23)8-11-19(20)21/h6-14H,4-5H2,1-3H3,(H,25,26). The minimum atomic E-state index is -0.361. The van der Waals surface area contributed by atoms with Gasteiger partial charge in [-0.1, -0.05) is 12.1 Å². The molecule has 1 heterocycles. The zero-order valence-corrected chi connectivity index (χ0v) is 15.8. The summed E-state index contributed by atoms with van der Waals surface area (Å²) < 4.78 is 18.6. The molecule has 1 atom stereocenters. The van der Waals surface area contributed by atoms with Crippen molar-refractivity contribution >= 4 is 16.8 Å². The molecule has 3 aromatic rings. The first-order valence-corrected chi connectivity index (χ1v) is 8.97.